The average Bonchev–Trinajstić information content (AvgIpc) is 2.31. The van der Waals surface area contributed by atoms with Crippen molar-refractivity contribution in [1.82, 2.24) is 4.57 Å². The molecule has 0 fully saturated rings. The molecule has 0 bridgehead atoms. The first kappa shape index (κ1) is 9.72. The van der Waals surface area contributed by atoms with Gasteiger partial charge in [0.2, 0.25) is 0 Å². The van der Waals surface area contributed by atoms with Gasteiger partial charge in [-0.15, -0.1) is 6.42 Å². The summed E-state index contributed by atoms with van der Waals surface area (Å²) >= 11 is 0. The summed E-state index contributed by atoms with van der Waals surface area (Å²) in [5.41, 5.74) is -0.465. The van der Waals surface area contributed by atoms with Gasteiger partial charge in [0.1, 0.15) is 5.69 Å². The molecule has 0 aromatic carbocycles. The Hall–Kier alpha value is -1.37. The molecule has 70 valence electrons. The summed E-state index contributed by atoms with van der Waals surface area (Å²) < 4.78 is 38.2. The highest BCUT2D eigenvalue weighted by Gasteiger charge is 2.35. The Labute approximate surface area is 74.2 Å². The molecule has 1 nitrogen and oxygen atoms in total. The fourth-order valence-corrected chi connectivity index (χ4v) is 1.20. The lowest BCUT2D eigenvalue weighted by Gasteiger charge is -2.10. The van der Waals surface area contributed by atoms with E-state index in [2.05, 4.69) is 5.92 Å². The molecule has 0 radical (unpaired) electrons. The summed E-state index contributed by atoms with van der Waals surface area (Å²) in [5, 5.41) is 0. The third-order valence-electron chi connectivity index (χ3n) is 1.70. The number of hydrogen-bond acceptors (Lipinski definition) is 0. The molecule has 1 aromatic rings. The molecule has 0 spiro atoms. The van der Waals surface area contributed by atoms with Crippen LogP contribution in [0, 0.1) is 19.3 Å². The van der Waals surface area contributed by atoms with E-state index in [0.717, 1.165) is 4.57 Å². The molecule has 0 saturated heterocycles. The lowest BCUT2D eigenvalue weighted by atomic mass is 10.2. The number of nitrogens with zero attached hydrogens (tertiary/aromatic N) is 1. The highest BCUT2D eigenvalue weighted by Crippen LogP contribution is 2.32. The molecule has 1 heterocycles. The first-order chi connectivity index (χ1) is 5.96. The van der Waals surface area contributed by atoms with Crippen LogP contribution in [0.4, 0.5) is 13.2 Å². The van der Waals surface area contributed by atoms with Gasteiger partial charge in [0.25, 0.3) is 0 Å². The Morgan fingerprint density at radius 3 is 2.62 bits per heavy atom. The van der Waals surface area contributed by atoms with Gasteiger partial charge in [0.05, 0.1) is 6.54 Å². The zero-order chi connectivity index (χ0) is 10.1. The molecule has 1 aromatic heterocycles. The zero-order valence-electron chi connectivity index (χ0n) is 7.02. The van der Waals surface area contributed by atoms with E-state index in [4.69, 9.17) is 6.42 Å². The van der Waals surface area contributed by atoms with Crippen molar-refractivity contribution in [3.05, 3.63) is 23.5 Å². The van der Waals surface area contributed by atoms with Gasteiger partial charge < -0.3 is 4.57 Å². The number of rotatable bonds is 1. The lowest BCUT2D eigenvalue weighted by Crippen LogP contribution is -2.14. The van der Waals surface area contributed by atoms with Crippen molar-refractivity contribution >= 4 is 0 Å². The minimum atomic E-state index is -4.33. The standard InChI is InChI=1S/C9H8F3N/c1-3-5-13-6-4-7(2)8(13)9(10,11)12/h1,4,6H,5H2,2H3. The van der Waals surface area contributed by atoms with Crippen LogP contribution in [0.1, 0.15) is 11.3 Å². The molecule has 0 aliphatic carbocycles. The molecule has 13 heavy (non-hydrogen) atoms. The van der Waals surface area contributed by atoms with Crippen molar-refractivity contribution in [1.29, 1.82) is 0 Å². The second-order valence-electron chi connectivity index (χ2n) is 2.68. The maximum atomic E-state index is 12.4. The number of aromatic nitrogens is 1. The molecule has 0 aliphatic heterocycles. The normalized spacial score (nSPS) is 11.3. The fraction of sp³-hybridized carbons (Fsp3) is 0.333. The molecule has 0 unspecified atom stereocenters. The summed E-state index contributed by atoms with van der Waals surface area (Å²) in [6.45, 7) is 1.36. The first-order valence-electron chi connectivity index (χ1n) is 3.63. The maximum absolute atomic E-state index is 12.4. The third-order valence-corrected chi connectivity index (χ3v) is 1.70. The van der Waals surface area contributed by atoms with Gasteiger partial charge in [-0.2, -0.15) is 13.2 Å². The highest BCUT2D eigenvalue weighted by molar-refractivity contribution is 5.24. The van der Waals surface area contributed by atoms with Crippen LogP contribution in [-0.4, -0.2) is 4.57 Å². The monoisotopic (exact) mass is 187 g/mol. The van der Waals surface area contributed by atoms with Gasteiger partial charge in [0.15, 0.2) is 0 Å². The Kier molecular flexibility index (Phi) is 2.37. The van der Waals surface area contributed by atoms with Crippen LogP contribution in [0.2, 0.25) is 0 Å². The summed E-state index contributed by atoms with van der Waals surface area (Å²) in [7, 11) is 0. The van der Waals surface area contributed by atoms with Crippen LogP contribution in [0.3, 0.4) is 0 Å². The van der Waals surface area contributed by atoms with E-state index in [9.17, 15) is 13.2 Å². The second-order valence-corrected chi connectivity index (χ2v) is 2.68. The fourth-order valence-electron chi connectivity index (χ4n) is 1.20. The predicted octanol–water partition coefficient (Wildman–Crippen LogP) is 2.45. The quantitative estimate of drug-likeness (QED) is 0.595. The summed E-state index contributed by atoms with van der Waals surface area (Å²) in [4.78, 5) is 0. The largest absolute Gasteiger partial charge is 0.431 e. The number of alkyl halides is 3. The Balaban J connectivity index is 3.18. The van der Waals surface area contributed by atoms with E-state index in [1.165, 1.54) is 19.2 Å². The van der Waals surface area contributed by atoms with Crippen molar-refractivity contribution in [2.45, 2.75) is 19.6 Å². The molecular formula is C9H8F3N. The maximum Gasteiger partial charge on any atom is 0.431 e. The Bertz CT molecular complexity index is 341. The Morgan fingerprint density at radius 2 is 2.15 bits per heavy atom. The number of aryl methyl sites for hydroxylation is 1. The van der Waals surface area contributed by atoms with Crippen molar-refractivity contribution in [3.63, 3.8) is 0 Å². The molecule has 4 heteroatoms. The van der Waals surface area contributed by atoms with E-state index < -0.39 is 11.9 Å². The van der Waals surface area contributed by atoms with Crippen molar-refractivity contribution in [2.75, 3.05) is 0 Å². The predicted molar refractivity (Wildman–Crippen MR) is 43.0 cm³/mol. The Morgan fingerprint density at radius 1 is 1.54 bits per heavy atom. The van der Waals surface area contributed by atoms with E-state index >= 15 is 0 Å². The second kappa shape index (κ2) is 3.17. The van der Waals surface area contributed by atoms with Crippen molar-refractivity contribution in [3.8, 4) is 12.3 Å². The smallest absolute Gasteiger partial charge is 0.332 e. The highest BCUT2D eigenvalue weighted by atomic mass is 19.4. The van der Waals surface area contributed by atoms with Gasteiger partial charge in [0, 0.05) is 6.20 Å². The molecule has 0 saturated carbocycles. The zero-order valence-corrected chi connectivity index (χ0v) is 7.02. The van der Waals surface area contributed by atoms with Gasteiger partial charge in [-0.05, 0) is 18.6 Å². The summed E-state index contributed by atoms with van der Waals surface area (Å²) in [6, 6.07) is 1.40. The van der Waals surface area contributed by atoms with Crippen LogP contribution in [0.5, 0.6) is 0 Å². The number of hydrogen-bond donors (Lipinski definition) is 0. The van der Waals surface area contributed by atoms with Crippen LogP contribution in [0.25, 0.3) is 0 Å². The molecule has 0 atom stereocenters. The van der Waals surface area contributed by atoms with Crippen LogP contribution in [-0.2, 0) is 12.7 Å². The van der Waals surface area contributed by atoms with Gasteiger partial charge in [-0.25, -0.2) is 0 Å². The van der Waals surface area contributed by atoms with Gasteiger partial charge in [-0.1, -0.05) is 5.92 Å². The average molecular weight is 187 g/mol. The molecular weight excluding hydrogens is 179 g/mol. The van der Waals surface area contributed by atoms with E-state index in [1.54, 1.807) is 0 Å². The third kappa shape index (κ3) is 1.86. The SMILES string of the molecule is C#CCn1ccc(C)c1C(F)(F)F. The van der Waals surface area contributed by atoms with Crippen LogP contribution >= 0.6 is 0 Å². The van der Waals surface area contributed by atoms with E-state index in [0.29, 0.717) is 0 Å². The van der Waals surface area contributed by atoms with Gasteiger partial charge in [-0.3, -0.25) is 0 Å². The minimum Gasteiger partial charge on any atom is -0.332 e. The van der Waals surface area contributed by atoms with Gasteiger partial charge >= 0.3 is 6.18 Å². The summed E-state index contributed by atoms with van der Waals surface area (Å²) in [6.07, 6.45) is 1.96. The molecule has 1 rings (SSSR count). The first-order valence-corrected chi connectivity index (χ1v) is 3.63. The number of halogens is 3. The molecule has 0 amide bonds. The molecule has 0 N–H and O–H groups in total. The van der Waals surface area contributed by atoms with Crippen molar-refractivity contribution in [2.24, 2.45) is 0 Å². The lowest BCUT2D eigenvalue weighted by molar-refractivity contribution is -0.143. The molecule has 0 aliphatic rings. The van der Waals surface area contributed by atoms with E-state index in [1.807, 2.05) is 0 Å². The van der Waals surface area contributed by atoms with Crippen LogP contribution in [0.15, 0.2) is 12.3 Å². The number of terminal acetylenes is 1. The van der Waals surface area contributed by atoms with Crippen LogP contribution < -0.4 is 0 Å². The minimum absolute atomic E-state index is 0.0529. The topological polar surface area (TPSA) is 4.93 Å². The van der Waals surface area contributed by atoms with E-state index in [-0.39, 0.29) is 12.1 Å². The summed E-state index contributed by atoms with van der Waals surface area (Å²) in [5.74, 6) is 2.17. The van der Waals surface area contributed by atoms with Crippen molar-refractivity contribution < 1.29 is 13.2 Å².